The number of halogens is 2. The van der Waals surface area contributed by atoms with E-state index in [0.29, 0.717) is 15.6 Å². The Bertz CT molecular complexity index is 545. The lowest BCUT2D eigenvalue weighted by atomic mass is 10.1. The quantitative estimate of drug-likeness (QED) is 0.768. The van der Waals surface area contributed by atoms with Gasteiger partial charge in [-0.2, -0.15) is 0 Å². The topological polar surface area (TPSA) is 20.2 Å². The van der Waals surface area contributed by atoms with Crippen LogP contribution in [0.1, 0.15) is 11.1 Å². The molecule has 0 aliphatic rings. The summed E-state index contributed by atoms with van der Waals surface area (Å²) in [6, 6.07) is 12.4. The van der Waals surface area contributed by atoms with Crippen LogP contribution in [0.4, 0.5) is 0 Å². The maximum atomic E-state index is 9.63. The van der Waals surface area contributed by atoms with Crippen molar-refractivity contribution in [1.82, 2.24) is 0 Å². The molecule has 0 bridgehead atoms. The van der Waals surface area contributed by atoms with Crippen molar-refractivity contribution in [1.29, 1.82) is 0 Å². The molecule has 2 aromatic carbocycles. The number of phenolic OH excluding ortho intramolecular Hbond substituents is 1. The molecule has 0 aromatic heterocycles. The van der Waals surface area contributed by atoms with E-state index >= 15 is 0 Å². The van der Waals surface area contributed by atoms with Gasteiger partial charge in [0.05, 0.1) is 0 Å². The zero-order valence-electron chi connectivity index (χ0n) is 8.90. The number of benzene rings is 2. The van der Waals surface area contributed by atoms with E-state index in [-0.39, 0.29) is 5.75 Å². The summed E-state index contributed by atoms with van der Waals surface area (Å²) in [6.07, 6.45) is 3.70. The largest absolute Gasteiger partial charge is 0.507 e. The van der Waals surface area contributed by atoms with Gasteiger partial charge < -0.3 is 5.11 Å². The fourth-order valence-electron chi connectivity index (χ4n) is 1.42. The second kappa shape index (κ2) is 5.26. The first-order chi connectivity index (χ1) is 8.15. The van der Waals surface area contributed by atoms with E-state index in [9.17, 15) is 5.11 Å². The summed E-state index contributed by atoms with van der Waals surface area (Å²) in [5, 5.41) is 10.9. The molecule has 86 valence electrons. The lowest BCUT2D eigenvalue weighted by Gasteiger charge is -1.99. The van der Waals surface area contributed by atoms with E-state index in [1.807, 2.05) is 36.4 Å². The smallest absolute Gasteiger partial charge is 0.122 e. The predicted molar refractivity (Wildman–Crippen MR) is 73.5 cm³/mol. The number of aromatic hydroxyl groups is 1. The van der Waals surface area contributed by atoms with Gasteiger partial charge in [-0.15, -0.1) is 0 Å². The third kappa shape index (κ3) is 3.26. The summed E-state index contributed by atoms with van der Waals surface area (Å²) in [5.41, 5.74) is 1.70. The van der Waals surface area contributed by atoms with Gasteiger partial charge in [0.15, 0.2) is 0 Å². The standard InChI is InChI=1S/C14H10Cl2O/c15-12-5-2-10(3-6-12)1-4-11-9-13(16)7-8-14(11)17/h1-9,17H. The van der Waals surface area contributed by atoms with Gasteiger partial charge in [0.2, 0.25) is 0 Å². The minimum Gasteiger partial charge on any atom is -0.507 e. The van der Waals surface area contributed by atoms with Crippen LogP contribution in [0.5, 0.6) is 5.75 Å². The van der Waals surface area contributed by atoms with Crippen LogP contribution in [0.3, 0.4) is 0 Å². The molecule has 2 aromatic rings. The summed E-state index contributed by atoms with van der Waals surface area (Å²) in [5.74, 6) is 0.208. The Morgan fingerprint density at radius 2 is 1.47 bits per heavy atom. The van der Waals surface area contributed by atoms with Crippen LogP contribution in [0.2, 0.25) is 10.0 Å². The second-order valence-corrected chi connectivity index (χ2v) is 4.46. The van der Waals surface area contributed by atoms with E-state index in [1.54, 1.807) is 18.2 Å². The molecule has 0 heterocycles. The first-order valence-corrected chi connectivity index (χ1v) is 5.83. The van der Waals surface area contributed by atoms with Gasteiger partial charge >= 0.3 is 0 Å². The Morgan fingerprint density at radius 3 is 2.18 bits per heavy atom. The molecular formula is C14H10Cl2O. The van der Waals surface area contributed by atoms with Gasteiger partial charge in [0, 0.05) is 15.6 Å². The van der Waals surface area contributed by atoms with Crippen molar-refractivity contribution in [3.8, 4) is 5.75 Å². The van der Waals surface area contributed by atoms with Gasteiger partial charge in [-0.05, 0) is 35.9 Å². The van der Waals surface area contributed by atoms with E-state index < -0.39 is 0 Å². The fraction of sp³-hybridized carbons (Fsp3) is 0. The summed E-state index contributed by atoms with van der Waals surface area (Å²) in [7, 11) is 0. The normalized spacial score (nSPS) is 10.9. The molecule has 0 spiro atoms. The van der Waals surface area contributed by atoms with Gasteiger partial charge in [0.1, 0.15) is 5.75 Å². The fourth-order valence-corrected chi connectivity index (χ4v) is 1.73. The average molecular weight is 265 g/mol. The molecule has 17 heavy (non-hydrogen) atoms. The van der Waals surface area contributed by atoms with Gasteiger partial charge in [-0.3, -0.25) is 0 Å². The van der Waals surface area contributed by atoms with Crippen molar-refractivity contribution in [3.05, 3.63) is 63.6 Å². The molecule has 1 N–H and O–H groups in total. The predicted octanol–water partition coefficient (Wildman–Crippen LogP) is 4.87. The molecule has 0 atom stereocenters. The van der Waals surface area contributed by atoms with Crippen molar-refractivity contribution >= 4 is 35.4 Å². The minimum atomic E-state index is 0.208. The maximum Gasteiger partial charge on any atom is 0.122 e. The number of hydrogen-bond acceptors (Lipinski definition) is 1. The molecule has 0 saturated heterocycles. The van der Waals surface area contributed by atoms with Crippen LogP contribution in [-0.4, -0.2) is 5.11 Å². The third-order valence-corrected chi connectivity index (χ3v) is 2.80. The molecule has 0 unspecified atom stereocenters. The van der Waals surface area contributed by atoms with Crippen LogP contribution >= 0.6 is 23.2 Å². The second-order valence-electron chi connectivity index (χ2n) is 3.59. The van der Waals surface area contributed by atoms with Crippen molar-refractivity contribution in [2.24, 2.45) is 0 Å². The molecule has 0 radical (unpaired) electrons. The summed E-state index contributed by atoms with van der Waals surface area (Å²) >= 11 is 11.7. The zero-order valence-corrected chi connectivity index (χ0v) is 10.4. The van der Waals surface area contributed by atoms with Crippen molar-refractivity contribution in [2.45, 2.75) is 0 Å². The molecule has 3 heteroatoms. The molecule has 0 saturated carbocycles. The highest BCUT2D eigenvalue weighted by molar-refractivity contribution is 6.31. The van der Waals surface area contributed by atoms with Crippen LogP contribution in [0.25, 0.3) is 12.2 Å². The van der Waals surface area contributed by atoms with Gasteiger partial charge in [-0.1, -0.05) is 47.5 Å². The first-order valence-electron chi connectivity index (χ1n) is 5.07. The highest BCUT2D eigenvalue weighted by atomic mass is 35.5. The highest BCUT2D eigenvalue weighted by Crippen LogP contribution is 2.23. The molecule has 0 fully saturated rings. The summed E-state index contributed by atoms with van der Waals surface area (Å²) < 4.78 is 0. The van der Waals surface area contributed by atoms with Crippen molar-refractivity contribution in [2.75, 3.05) is 0 Å². The SMILES string of the molecule is Oc1ccc(Cl)cc1C=Cc1ccc(Cl)cc1. The lowest BCUT2D eigenvalue weighted by Crippen LogP contribution is -1.75. The van der Waals surface area contributed by atoms with Crippen LogP contribution in [-0.2, 0) is 0 Å². The molecule has 0 aliphatic heterocycles. The average Bonchev–Trinajstić information content (AvgIpc) is 2.32. The first kappa shape index (κ1) is 12.0. The zero-order chi connectivity index (χ0) is 12.3. The molecule has 0 amide bonds. The Balaban J connectivity index is 2.25. The van der Waals surface area contributed by atoms with Gasteiger partial charge in [0.25, 0.3) is 0 Å². The van der Waals surface area contributed by atoms with E-state index in [0.717, 1.165) is 5.56 Å². The number of rotatable bonds is 2. The summed E-state index contributed by atoms with van der Waals surface area (Å²) in [4.78, 5) is 0. The van der Waals surface area contributed by atoms with Gasteiger partial charge in [-0.25, -0.2) is 0 Å². The Morgan fingerprint density at radius 1 is 0.824 bits per heavy atom. The lowest BCUT2D eigenvalue weighted by molar-refractivity contribution is 0.474. The van der Waals surface area contributed by atoms with Crippen LogP contribution in [0.15, 0.2) is 42.5 Å². The Hall–Kier alpha value is -1.44. The summed E-state index contributed by atoms with van der Waals surface area (Å²) in [6.45, 7) is 0. The number of phenols is 1. The molecule has 2 rings (SSSR count). The Labute approximate surface area is 110 Å². The third-order valence-electron chi connectivity index (χ3n) is 2.31. The van der Waals surface area contributed by atoms with Crippen LogP contribution < -0.4 is 0 Å². The number of hydrogen-bond donors (Lipinski definition) is 1. The maximum absolute atomic E-state index is 9.63. The van der Waals surface area contributed by atoms with Crippen molar-refractivity contribution < 1.29 is 5.11 Å². The highest BCUT2D eigenvalue weighted by Gasteiger charge is 1.97. The van der Waals surface area contributed by atoms with E-state index in [4.69, 9.17) is 23.2 Å². The molecule has 1 nitrogen and oxygen atoms in total. The van der Waals surface area contributed by atoms with E-state index in [1.165, 1.54) is 0 Å². The van der Waals surface area contributed by atoms with Crippen LogP contribution in [0, 0.1) is 0 Å². The monoisotopic (exact) mass is 264 g/mol. The van der Waals surface area contributed by atoms with E-state index in [2.05, 4.69) is 0 Å². The van der Waals surface area contributed by atoms with Crippen molar-refractivity contribution in [3.63, 3.8) is 0 Å². The molecule has 0 aliphatic carbocycles. The minimum absolute atomic E-state index is 0.208. The molecular weight excluding hydrogens is 255 g/mol. The Kier molecular flexibility index (Phi) is 3.72.